The molecule has 0 fully saturated rings. The van der Waals surface area contributed by atoms with Crippen molar-refractivity contribution in [2.24, 2.45) is 0 Å². The summed E-state index contributed by atoms with van der Waals surface area (Å²) in [5.41, 5.74) is 4.17. The van der Waals surface area contributed by atoms with Gasteiger partial charge in [0.25, 0.3) is 0 Å². The second kappa shape index (κ2) is 4.56. The summed E-state index contributed by atoms with van der Waals surface area (Å²) in [6, 6.07) is 2.08. The highest BCUT2D eigenvalue weighted by Crippen LogP contribution is 2.36. The van der Waals surface area contributed by atoms with Crippen molar-refractivity contribution >= 4 is 11.6 Å². The van der Waals surface area contributed by atoms with Crippen LogP contribution in [0.15, 0.2) is 6.07 Å². The van der Waals surface area contributed by atoms with Gasteiger partial charge in [-0.05, 0) is 37.5 Å². The molecule has 0 saturated carbocycles. The number of hydrogen-bond donors (Lipinski definition) is 0. The van der Waals surface area contributed by atoms with E-state index in [-0.39, 0.29) is 5.91 Å². The lowest BCUT2D eigenvalue weighted by Gasteiger charge is -2.23. The van der Waals surface area contributed by atoms with E-state index in [2.05, 4.69) is 6.07 Å². The van der Waals surface area contributed by atoms with Gasteiger partial charge in [0.1, 0.15) is 5.75 Å². The minimum atomic E-state index is 0.00431. The van der Waals surface area contributed by atoms with E-state index in [0.717, 1.165) is 22.6 Å². The van der Waals surface area contributed by atoms with Crippen molar-refractivity contribution in [2.75, 3.05) is 19.1 Å². The monoisotopic (exact) mass is 221 g/mol. The number of rotatable bonds is 2. The Morgan fingerprint density at radius 3 is 2.25 bits per heavy atom. The SMILES string of the molecule is COc1c(C)c(C)cc(C)c1N(C)C(C)=O. The molecule has 1 aromatic rings. The smallest absolute Gasteiger partial charge is 0.223 e. The Bertz CT molecular complexity index is 424. The number of anilines is 1. The quantitative estimate of drug-likeness (QED) is 0.768. The molecule has 0 radical (unpaired) electrons. The molecule has 88 valence electrons. The van der Waals surface area contributed by atoms with E-state index in [9.17, 15) is 4.79 Å². The Morgan fingerprint density at radius 2 is 1.81 bits per heavy atom. The third-order valence-corrected chi connectivity index (χ3v) is 2.97. The van der Waals surface area contributed by atoms with Crippen molar-refractivity contribution < 1.29 is 9.53 Å². The largest absolute Gasteiger partial charge is 0.494 e. The number of ether oxygens (including phenoxy) is 1. The average molecular weight is 221 g/mol. The molecule has 0 aliphatic heterocycles. The number of carbonyl (C=O) groups excluding carboxylic acids is 1. The molecule has 0 aliphatic carbocycles. The minimum Gasteiger partial charge on any atom is -0.494 e. The van der Waals surface area contributed by atoms with E-state index in [0.29, 0.717) is 0 Å². The zero-order valence-electron chi connectivity index (χ0n) is 10.8. The van der Waals surface area contributed by atoms with E-state index in [1.54, 1.807) is 26.0 Å². The molecule has 0 heterocycles. The van der Waals surface area contributed by atoms with Crippen molar-refractivity contribution in [3.8, 4) is 5.75 Å². The van der Waals surface area contributed by atoms with Crippen LogP contribution in [-0.2, 0) is 4.79 Å². The number of carbonyl (C=O) groups is 1. The van der Waals surface area contributed by atoms with Crippen molar-refractivity contribution in [3.63, 3.8) is 0 Å². The summed E-state index contributed by atoms with van der Waals surface area (Å²) in [6.45, 7) is 7.59. The van der Waals surface area contributed by atoms with E-state index in [1.165, 1.54) is 5.56 Å². The Balaban J connectivity index is 3.48. The highest BCUT2D eigenvalue weighted by molar-refractivity contribution is 5.94. The van der Waals surface area contributed by atoms with Gasteiger partial charge in [0, 0.05) is 14.0 Å². The van der Waals surface area contributed by atoms with Gasteiger partial charge >= 0.3 is 0 Å². The van der Waals surface area contributed by atoms with Crippen LogP contribution in [0.2, 0.25) is 0 Å². The van der Waals surface area contributed by atoms with Gasteiger partial charge in [0.2, 0.25) is 5.91 Å². The van der Waals surface area contributed by atoms with Crippen LogP contribution in [0.5, 0.6) is 5.75 Å². The summed E-state index contributed by atoms with van der Waals surface area (Å²) in [6.07, 6.45) is 0. The first kappa shape index (κ1) is 12.6. The number of methoxy groups -OCH3 is 1. The van der Waals surface area contributed by atoms with Crippen molar-refractivity contribution in [3.05, 3.63) is 22.8 Å². The molecule has 0 aromatic heterocycles. The molecular formula is C13H19NO2. The van der Waals surface area contributed by atoms with Gasteiger partial charge in [-0.25, -0.2) is 0 Å². The number of benzene rings is 1. The minimum absolute atomic E-state index is 0.00431. The van der Waals surface area contributed by atoms with Gasteiger partial charge in [-0.2, -0.15) is 0 Å². The van der Waals surface area contributed by atoms with Crippen molar-refractivity contribution in [1.29, 1.82) is 0 Å². The second-order valence-corrected chi connectivity index (χ2v) is 4.10. The molecule has 16 heavy (non-hydrogen) atoms. The zero-order valence-corrected chi connectivity index (χ0v) is 10.8. The van der Waals surface area contributed by atoms with Gasteiger partial charge in [-0.1, -0.05) is 6.07 Å². The van der Waals surface area contributed by atoms with Gasteiger partial charge in [-0.15, -0.1) is 0 Å². The lowest BCUT2D eigenvalue weighted by Crippen LogP contribution is -2.24. The third-order valence-electron chi connectivity index (χ3n) is 2.97. The fourth-order valence-electron chi connectivity index (χ4n) is 1.86. The van der Waals surface area contributed by atoms with E-state index >= 15 is 0 Å². The molecule has 0 saturated heterocycles. The van der Waals surface area contributed by atoms with Crippen molar-refractivity contribution in [2.45, 2.75) is 27.7 Å². The Kier molecular flexibility index (Phi) is 3.58. The van der Waals surface area contributed by atoms with Gasteiger partial charge in [0.15, 0.2) is 0 Å². The predicted octanol–water partition coefficient (Wildman–Crippen LogP) is 2.60. The van der Waals surface area contributed by atoms with E-state index < -0.39 is 0 Å². The maximum atomic E-state index is 11.4. The van der Waals surface area contributed by atoms with Crippen LogP contribution in [0, 0.1) is 20.8 Å². The van der Waals surface area contributed by atoms with Crippen LogP contribution >= 0.6 is 0 Å². The summed E-state index contributed by atoms with van der Waals surface area (Å²) in [7, 11) is 3.40. The van der Waals surface area contributed by atoms with Crippen LogP contribution in [0.25, 0.3) is 0 Å². The van der Waals surface area contributed by atoms with Crippen molar-refractivity contribution in [1.82, 2.24) is 0 Å². The maximum absolute atomic E-state index is 11.4. The summed E-state index contributed by atoms with van der Waals surface area (Å²) in [5, 5.41) is 0. The molecule has 3 heteroatoms. The van der Waals surface area contributed by atoms with Gasteiger partial charge in [-0.3, -0.25) is 4.79 Å². The first-order valence-corrected chi connectivity index (χ1v) is 5.29. The molecule has 0 spiro atoms. The standard InChI is InChI=1S/C13H19NO2/c1-8-7-9(2)12(14(5)11(4)15)13(16-6)10(8)3/h7H,1-6H3. The van der Waals surface area contributed by atoms with Gasteiger partial charge < -0.3 is 9.64 Å². The number of hydrogen-bond acceptors (Lipinski definition) is 2. The lowest BCUT2D eigenvalue weighted by molar-refractivity contribution is -0.116. The highest BCUT2D eigenvalue weighted by atomic mass is 16.5. The molecule has 1 aromatic carbocycles. The molecular weight excluding hydrogens is 202 g/mol. The maximum Gasteiger partial charge on any atom is 0.223 e. The Morgan fingerprint density at radius 1 is 1.25 bits per heavy atom. The molecule has 0 unspecified atom stereocenters. The fraction of sp³-hybridized carbons (Fsp3) is 0.462. The molecule has 3 nitrogen and oxygen atoms in total. The molecule has 0 N–H and O–H groups in total. The van der Waals surface area contributed by atoms with Gasteiger partial charge in [0.05, 0.1) is 12.8 Å². The summed E-state index contributed by atoms with van der Waals surface area (Å²) in [4.78, 5) is 13.1. The van der Waals surface area contributed by atoms with Crippen LogP contribution < -0.4 is 9.64 Å². The van der Waals surface area contributed by atoms with Crippen LogP contribution in [0.3, 0.4) is 0 Å². The van der Waals surface area contributed by atoms with Crippen LogP contribution in [0.1, 0.15) is 23.6 Å². The third kappa shape index (κ3) is 2.03. The van der Waals surface area contributed by atoms with E-state index in [4.69, 9.17) is 4.74 Å². The second-order valence-electron chi connectivity index (χ2n) is 4.10. The predicted molar refractivity (Wildman–Crippen MR) is 66.3 cm³/mol. The first-order valence-electron chi connectivity index (χ1n) is 5.29. The molecule has 0 bridgehead atoms. The first-order chi connectivity index (χ1) is 7.40. The Hall–Kier alpha value is -1.51. The molecule has 1 amide bonds. The van der Waals surface area contributed by atoms with E-state index in [1.807, 2.05) is 20.8 Å². The Labute approximate surface area is 97.0 Å². The number of aryl methyl sites for hydroxylation is 2. The number of nitrogens with zero attached hydrogens (tertiary/aromatic N) is 1. The zero-order chi connectivity index (χ0) is 12.5. The fourth-order valence-corrected chi connectivity index (χ4v) is 1.86. The van der Waals surface area contributed by atoms with Crippen LogP contribution in [-0.4, -0.2) is 20.1 Å². The van der Waals surface area contributed by atoms with Crippen LogP contribution in [0.4, 0.5) is 5.69 Å². The highest BCUT2D eigenvalue weighted by Gasteiger charge is 2.17. The topological polar surface area (TPSA) is 29.5 Å². The normalized spacial score (nSPS) is 10.1. The molecule has 0 atom stereocenters. The summed E-state index contributed by atoms with van der Waals surface area (Å²) in [5.74, 6) is 0.792. The molecule has 1 rings (SSSR count). The molecule has 0 aliphatic rings. The average Bonchev–Trinajstić information content (AvgIpc) is 2.21. The summed E-state index contributed by atoms with van der Waals surface area (Å²) < 4.78 is 5.42. The lowest BCUT2D eigenvalue weighted by atomic mass is 10.0. The number of amides is 1. The summed E-state index contributed by atoms with van der Waals surface area (Å²) >= 11 is 0.